The number of rotatable bonds is 7. The first kappa shape index (κ1) is 18.5. The predicted molar refractivity (Wildman–Crippen MR) is 78.3 cm³/mol. The molecule has 0 aliphatic heterocycles. The highest BCUT2D eigenvalue weighted by molar-refractivity contribution is 7.91. The van der Waals surface area contributed by atoms with E-state index in [1.54, 1.807) is 0 Å². The first-order valence-electron chi connectivity index (χ1n) is 6.65. The van der Waals surface area contributed by atoms with E-state index in [9.17, 15) is 22.7 Å². The van der Waals surface area contributed by atoms with Gasteiger partial charge in [0.1, 0.15) is 11.9 Å². The van der Waals surface area contributed by atoms with E-state index in [1.807, 2.05) is 0 Å². The van der Waals surface area contributed by atoms with Crippen molar-refractivity contribution >= 4 is 15.7 Å². The Kier molecular flexibility index (Phi) is 6.04. The number of hydrogen-bond donors (Lipinski definition) is 3. The molecule has 0 fully saturated rings. The summed E-state index contributed by atoms with van der Waals surface area (Å²) in [5.41, 5.74) is -1.03. The van der Waals surface area contributed by atoms with Crippen LogP contribution in [-0.4, -0.2) is 49.5 Å². The molecule has 1 aromatic rings. The second-order valence-electron chi connectivity index (χ2n) is 5.61. The fraction of sp³-hybridized carbons (Fsp3) is 0.500. The zero-order chi connectivity index (χ0) is 17.0. The number of benzene rings is 1. The van der Waals surface area contributed by atoms with Gasteiger partial charge in [0.25, 0.3) is 0 Å². The van der Waals surface area contributed by atoms with Crippen molar-refractivity contribution in [3.05, 3.63) is 30.1 Å². The summed E-state index contributed by atoms with van der Waals surface area (Å²) in [7, 11) is -3.65. The second kappa shape index (κ2) is 7.17. The molecule has 0 radical (unpaired) electrons. The third-order valence-electron chi connectivity index (χ3n) is 3.24. The van der Waals surface area contributed by atoms with Gasteiger partial charge in [0.05, 0.1) is 17.3 Å². The fourth-order valence-electron chi connectivity index (χ4n) is 1.61. The molecule has 3 N–H and O–H groups in total. The number of amides is 1. The Morgan fingerprint density at radius 1 is 1.32 bits per heavy atom. The summed E-state index contributed by atoms with van der Waals surface area (Å²) >= 11 is 0. The molecule has 8 heteroatoms. The minimum atomic E-state index is -3.65. The SMILES string of the molecule is CC(C)(CO)[C@H](O)C(=O)NCCS(=O)(=O)c1ccc(F)cc1. The van der Waals surface area contributed by atoms with Crippen LogP contribution in [0.5, 0.6) is 0 Å². The van der Waals surface area contributed by atoms with Crippen LogP contribution < -0.4 is 5.32 Å². The van der Waals surface area contributed by atoms with E-state index in [1.165, 1.54) is 13.8 Å². The number of carbonyl (C=O) groups excluding carboxylic acids is 1. The second-order valence-corrected chi connectivity index (χ2v) is 7.72. The number of aliphatic hydroxyl groups excluding tert-OH is 2. The van der Waals surface area contributed by atoms with Crippen molar-refractivity contribution < 1.29 is 27.8 Å². The van der Waals surface area contributed by atoms with Crippen LogP contribution in [-0.2, 0) is 14.6 Å². The molecular weight excluding hydrogens is 313 g/mol. The van der Waals surface area contributed by atoms with Crippen molar-refractivity contribution in [2.75, 3.05) is 18.9 Å². The third-order valence-corrected chi connectivity index (χ3v) is 4.97. The normalized spacial score (nSPS) is 13.7. The number of nitrogens with one attached hydrogen (secondary N) is 1. The number of carbonyl (C=O) groups is 1. The average Bonchev–Trinajstić information content (AvgIpc) is 2.46. The largest absolute Gasteiger partial charge is 0.396 e. The van der Waals surface area contributed by atoms with Gasteiger partial charge in [0.15, 0.2) is 9.84 Å². The van der Waals surface area contributed by atoms with Crippen molar-refractivity contribution in [3.8, 4) is 0 Å². The Morgan fingerprint density at radius 3 is 2.36 bits per heavy atom. The van der Waals surface area contributed by atoms with Crippen LogP contribution in [0.3, 0.4) is 0 Å². The van der Waals surface area contributed by atoms with Gasteiger partial charge in [-0.15, -0.1) is 0 Å². The Balaban J connectivity index is 2.60. The van der Waals surface area contributed by atoms with Gasteiger partial charge in [-0.25, -0.2) is 12.8 Å². The molecule has 1 rings (SSSR count). The third kappa shape index (κ3) is 4.75. The average molecular weight is 333 g/mol. The molecule has 0 heterocycles. The van der Waals surface area contributed by atoms with E-state index in [0.717, 1.165) is 24.3 Å². The van der Waals surface area contributed by atoms with Gasteiger partial charge in [-0.1, -0.05) is 13.8 Å². The topological polar surface area (TPSA) is 104 Å². The molecule has 1 aromatic carbocycles. The van der Waals surface area contributed by atoms with Crippen molar-refractivity contribution in [3.63, 3.8) is 0 Å². The van der Waals surface area contributed by atoms with E-state index in [2.05, 4.69) is 5.32 Å². The van der Waals surface area contributed by atoms with Gasteiger partial charge >= 0.3 is 0 Å². The van der Waals surface area contributed by atoms with E-state index in [4.69, 9.17) is 5.11 Å². The van der Waals surface area contributed by atoms with Gasteiger partial charge in [-0.05, 0) is 24.3 Å². The van der Waals surface area contributed by atoms with Gasteiger partial charge in [-0.3, -0.25) is 4.79 Å². The zero-order valence-electron chi connectivity index (χ0n) is 12.4. The van der Waals surface area contributed by atoms with E-state index in [0.29, 0.717) is 0 Å². The molecule has 0 aromatic heterocycles. The Morgan fingerprint density at radius 2 is 1.86 bits per heavy atom. The van der Waals surface area contributed by atoms with Crippen LogP contribution in [0.4, 0.5) is 4.39 Å². The molecular formula is C14H20FNO5S. The van der Waals surface area contributed by atoms with Gasteiger partial charge in [0, 0.05) is 12.0 Å². The highest BCUT2D eigenvalue weighted by Crippen LogP contribution is 2.19. The van der Waals surface area contributed by atoms with Gasteiger partial charge in [-0.2, -0.15) is 0 Å². The van der Waals surface area contributed by atoms with Crippen molar-refractivity contribution in [2.45, 2.75) is 24.8 Å². The molecule has 0 saturated carbocycles. The predicted octanol–water partition coefficient (Wildman–Crippen LogP) is 0.0950. The monoisotopic (exact) mass is 333 g/mol. The number of sulfone groups is 1. The smallest absolute Gasteiger partial charge is 0.249 e. The summed E-state index contributed by atoms with van der Waals surface area (Å²) in [5, 5.41) is 21.1. The maximum Gasteiger partial charge on any atom is 0.249 e. The number of halogens is 1. The van der Waals surface area contributed by atoms with E-state index in [-0.39, 0.29) is 17.2 Å². The number of aliphatic hydroxyl groups is 2. The Hall–Kier alpha value is -1.51. The molecule has 0 aliphatic rings. The Bertz CT molecular complexity index is 613. The standard InChI is InChI=1S/C14H20FNO5S/c1-14(2,9-17)12(18)13(19)16-7-8-22(20,21)11-5-3-10(15)4-6-11/h3-6,12,17-18H,7-9H2,1-2H3,(H,16,19)/t12-/m1/s1. The highest BCUT2D eigenvalue weighted by atomic mass is 32.2. The van der Waals surface area contributed by atoms with Crippen LogP contribution in [0.1, 0.15) is 13.8 Å². The quantitative estimate of drug-likeness (QED) is 0.614. The maximum atomic E-state index is 12.8. The van der Waals surface area contributed by atoms with Gasteiger partial charge < -0.3 is 15.5 Å². The molecule has 124 valence electrons. The van der Waals surface area contributed by atoms with Crippen LogP contribution in [0.15, 0.2) is 29.2 Å². The molecule has 0 unspecified atom stereocenters. The zero-order valence-corrected chi connectivity index (χ0v) is 13.2. The van der Waals surface area contributed by atoms with Crippen molar-refractivity contribution in [1.29, 1.82) is 0 Å². The summed E-state index contributed by atoms with van der Waals surface area (Å²) in [4.78, 5) is 11.7. The molecule has 0 aliphatic carbocycles. The summed E-state index contributed by atoms with van der Waals surface area (Å²) in [6.07, 6.45) is -1.45. The lowest BCUT2D eigenvalue weighted by Crippen LogP contribution is -2.46. The molecule has 1 atom stereocenters. The molecule has 6 nitrogen and oxygen atoms in total. The lowest BCUT2D eigenvalue weighted by molar-refractivity contribution is -0.136. The molecule has 0 spiro atoms. The first-order valence-corrected chi connectivity index (χ1v) is 8.30. The summed E-state index contributed by atoms with van der Waals surface area (Å²) in [6, 6.07) is 4.38. The number of hydrogen-bond acceptors (Lipinski definition) is 5. The first-order chi connectivity index (χ1) is 10.1. The van der Waals surface area contributed by atoms with Crippen LogP contribution >= 0.6 is 0 Å². The summed E-state index contributed by atoms with van der Waals surface area (Å²) < 4.78 is 36.7. The molecule has 1 amide bonds. The minimum absolute atomic E-state index is 0.0422. The molecule has 0 saturated heterocycles. The fourth-order valence-corrected chi connectivity index (χ4v) is 2.76. The summed E-state index contributed by atoms with van der Waals surface area (Å²) in [5.74, 6) is -1.67. The van der Waals surface area contributed by atoms with Crippen LogP contribution in [0.2, 0.25) is 0 Å². The van der Waals surface area contributed by atoms with Crippen molar-refractivity contribution in [1.82, 2.24) is 5.32 Å². The lowest BCUT2D eigenvalue weighted by Gasteiger charge is -2.27. The minimum Gasteiger partial charge on any atom is -0.396 e. The highest BCUT2D eigenvalue weighted by Gasteiger charge is 2.32. The van der Waals surface area contributed by atoms with Crippen molar-refractivity contribution in [2.24, 2.45) is 5.41 Å². The van der Waals surface area contributed by atoms with Crippen LogP contribution in [0.25, 0.3) is 0 Å². The Labute approximate surface area is 128 Å². The van der Waals surface area contributed by atoms with Gasteiger partial charge in [0.2, 0.25) is 5.91 Å². The summed E-state index contributed by atoms with van der Waals surface area (Å²) in [6.45, 7) is 2.42. The lowest BCUT2D eigenvalue weighted by atomic mass is 9.87. The molecule has 22 heavy (non-hydrogen) atoms. The van der Waals surface area contributed by atoms with E-state index >= 15 is 0 Å². The van der Waals surface area contributed by atoms with Crippen LogP contribution in [0, 0.1) is 11.2 Å². The van der Waals surface area contributed by atoms with E-state index < -0.39 is 39.7 Å². The maximum absolute atomic E-state index is 12.8. The molecule has 0 bridgehead atoms.